The van der Waals surface area contributed by atoms with Crippen LogP contribution in [0.2, 0.25) is 0 Å². The van der Waals surface area contributed by atoms with E-state index < -0.39 is 5.60 Å². The Hall–Kier alpha value is -2.64. The zero-order chi connectivity index (χ0) is 16.8. The van der Waals surface area contributed by atoms with Gasteiger partial charge in [-0.3, -0.25) is 0 Å². The fourth-order valence-electron chi connectivity index (χ4n) is 2.77. The predicted octanol–water partition coefficient (Wildman–Crippen LogP) is 5.42. The summed E-state index contributed by atoms with van der Waals surface area (Å²) in [6, 6.07) is 20.2. The van der Waals surface area contributed by atoms with Gasteiger partial charge in [-0.1, -0.05) is 96.6 Å². The first-order valence-electron chi connectivity index (χ1n) is 8.24. The summed E-state index contributed by atoms with van der Waals surface area (Å²) in [5, 5.41) is 11.1. The molecule has 1 unspecified atom stereocenters. The Morgan fingerprint density at radius 2 is 1.42 bits per heavy atom. The largest absolute Gasteiger partial charge is 0.381 e. The van der Waals surface area contributed by atoms with Gasteiger partial charge in [0.2, 0.25) is 0 Å². The van der Waals surface area contributed by atoms with Crippen LogP contribution in [-0.2, 0) is 0 Å². The minimum absolute atomic E-state index is 0.590. The molecule has 0 radical (unpaired) electrons. The molecule has 3 rings (SSSR count). The van der Waals surface area contributed by atoms with Crippen LogP contribution in [0.25, 0.3) is 12.2 Å². The molecule has 0 aromatic heterocycles. The van der Waals surface area contributed by atoms with E-state index in [1.54, 1.807) is 0 Å². The van der Waals surface area contributed by atoms with Crippen LogP contribution in [-0.4, -0.2) is 10.7 Å². The second-order valence-corrected chi connectivity index (χ2v) is 6.16. The molecule has 0 spiro atoms. The maximum Gasteiger partial charge on any atom is 0.111 e. The fraction of sp³-hybridized carbons (Fsp3) is 0.130. The number of aliphatic hydroxyl groups is 1. The van der Waals surface area contributed by atoms with Crippen LogP contribution >= 0.6 is 0 Å². The first kappa shape index (κ1) is 16.2. The second-order valence-electron chi connectivity index (χ2n) is 6.16. The monoisotopic (exact) mass is 314 g/mol. The summed E-state index contributed by atoms with van der Waals surface area (Å²) in [6.45, 7) is 2.07. The highest BCUT2D eigenvalue weighted by Crippen LogP contribution is 2.31. The van der Waals surface area contributed by atoms with Crippen molar-refractivity contribution in [1.29, 1.82) is 0 Å². The lowest BCUT2D eigenvalue weighted by Crippen LogP contribution is -2.29. The van der Waals surface area contributed by atoms with Crippen molar-refractivity contribution in [1.82, 2.24) is 0 Å². The Balaban J connectivity index is 1.87. The van der Waals surface area contributed by atoms with Gasteiger partial charge >= 0.3 is 0 Å². The molecular formula is C23H22O. The quantitative estimate of drug-likeness (QED) is 0.799. The number of allylic oxidation sites excluding steroid dienone is 2. The summed E-state index contributed by atoms with van der Waals surface area (Å²) in [4.78, 5) is 0. The summed E-state index contributed by atoms with van der Waals surface area (Å²) in [7, 11) is 0. The van der Waals surface area contributed by atoms with E-state index >= 15 is 0 Å². The molecule has 1 atom stereocenters. The molecule has 0 bridgehead atoms. The third-order valence-corrected chi connectivity index (χ3v) is 4.22. The molecule has 2 aromatic carbocycles. The molecule has 24 heavy (non-hydrogen) atoms. The van der Waals surface area contributed by atoms with Crippen molar-refractivity contribution in [3.63, 3.8) is 0 Å². The van der Waals surface area contributed by atoms with Gasteiger partial charge in [0.05, 0.1) is 0 Å². The number of rotatable bonds is 4. The molecule has 0 saturated heterocycles. The summed E-state index contributed by atoms with van der Waals surface area (Å²) >= 11 is 0. The first-order chi connectivity index (χ1) is 11.7. The van der Waals surface area contributed by atoms with Crippen molar-refractivity contribution in [3.05, 3.63) is 107 Å². The average Bonchev–Trinajstić information content (AvgIpc) is 2.63. The highest BCUT2D eigenvalue weighted by Gasteiger charge is 2.28. The molecule has 0 fully saturated rings. The Bertz CT molecular complexity index is 794. The summed E-state index contributed by atoms with van der Waals surface area (Å²) in [5.74, 6) is 0. The number of hydrogen-bond donors (Lipinski definition) is 1. The average molecular weight is 314 g/mol. The van der Waals surface area contributed by atoms with Crippen LogP contribution in [0.1, 0.15) is 24.5 Å². The standard InChI is InChI=1S/C23H22O/c1-19-14-16-23(24,17-15-21-10-6-3-7-11-21)22(18-19)13-12-20-8-4-2-5-9-20/h2-15,17-18,24H,16H2,1H3. The minimum atomic E-state index is -0.972. The Labute approximate surface area is 144 Å². The van der Waals surface area contributed by atoms with E-state index in [2.05, 4.69) is 31.2 Å². The SMILES string of the molecule is CC1=CCC(O)(C=Cc2ccccc2)C(C=Cc2ccccc2)=C1. The van der Waals surface area contributed by atoms with E-state index in [4.69, 9.17) is 0 Å². The molecule has 2 aromatic rings. The third kappa shape index (κ3) is 4.01. The van der Waals surface area contributed by atoms with Crippen LogP contribution < -0.4 is 0 Å². The molecule has 1 nitrogen and oxygen atoms in total. The van der Waals surface area contributed by atoms with Gasteiger partial charge in [-0.15, -0.1) is 0 Å². The molecule has 1 N–H and O–H groups in total. The van der Waals surface area contributed by atoms with E-state index in [1.807, 2.05) is 72.8 Å². The molecule has 0 saturated carbocycles. The number of hydrogen-bond acceptors (Lipinski definition) is 1. The van der Waals surface area contributed by atoms with Gasteiger partial charge in [-0.25, -0.2) is 0 Å². The lowest BCUT2D eigenvalue weighted by atomic mass is 9.83. The van der Waals surface area contributed by atoms with Gasteiger partial charge in [-0.05, 0) is 29.7 Å². The van der Waals surface area contributed by atoms with Crippen molar-refractivity contribution in [2.24, 2.45) is 0 Å². The van der Waals surface area contributed by atoms with E-state index in [1.165, 1.54) is 5.57 Å². The summed E-state index contributed by atoms with van der Waals surface area (Å²) < 4.78 is 0. The first-order valence-corrected chi connectivity index (χ1v) is 8.24. The van der Waals surface area contributed by atoms with E-state index in [0.29, 0.717) is 6.42 Å². The number of benzene rings is 2. The van der Waals surface area contributed by atoms with Crippen LogP contribution in [0.15, 0.2) is 96.1 Å². The summed E-state index contributed by atoms with van der Waals surface area (Å²) in [5.41, 5.74) is 3.34. The Morgan fingerprint density at radius 1 is 0.833 bits per heavy atom. The van der Waals surface area contributed by atoms with E-state index in [0.717, 1.165) is 16.7 Å². The molecule has 1 aliphatic rings. The zero-order valence-electron chi connectivity index (χ0n) is 13.9. The highest BCUT2D eigenvalue weighted by atomic mass is 16.3. The van der Waals surface area contributed by atoms with Crippen LogP contribution in [0.5, 0.6) is 0 Å². The highest BCUT2D eigenvalue weighted by molar-refractivity contribution is 5.59. The van der Waals surface area contributed by atoms with E-state index in [9.17, 15) is 5.11 Å². The van der Waals surface area contributed by atoms with Gasteiger partial charge in [0.15, 0.2) is 0 Å². The smallest absolute Gasteiger partial charge is 0.111 e. The Kier molecular flexibility index (Phi) is 4.93. The van der Waals surface area contributed by atoms with Crippen LogP contribution in [0.3, 0.4) is 0 Å². The summed E-state index contributed by atoms with van der Waals surface area (Å²) in [6.07, 6.45) is 12.7. The normalized spacial score (nSPS) is 21.1. The topological polar surface area (TPSA) is 20.2 Å². The van der Waals surface area contributed by atoms with Crippen molar-refractivity contribution >= 4 is 12.2 Å². The third-order valence-electron chi connectivity index (χ3n) is 4.22. The van der Waals surface area contributed by atoms with Crippen molar-refractivity contribution < 1.29 is 5.11 Å². The molecule has 120 valence electrons. The lowest BCUT2D eigenvalue weighted by Gasteiger charge is -2.28. The fourth-order valence-corrected chi connectivity index (χ4v) is 2.77. The minimum Gasteiger partial charge on any atom is -0.381 e. The second kappa shape index (κ2) is 7.29. The lowest BCUT2D eigenvalue weighted by molar-refractivity contribution is 0.136. The molecule has 1 aliphatic carbocycles. The molecule has 0 heterocycles. The molecule has 0 amide bonds. The molecule has 0 aliphatic heterocycles. The molecular weight excluding hydrogens is 292 g/mol. The van der Waals surface area contributed by atoms with Gasteiger partial charge < -0.3 is 5.11 Å². The maximum atomic E-state index is 11.1. The predicted molar refractivity (Wildman–Crippen MR) is 102 cm³/mol. The molecule has 1 heteroatoms. The van der Waals surface area contributed by atoms with Crippen molar-refractivity contribution in [2.75, 3.05) is 0 Å². The maximum absolute atomic E-state index is 11.1. The van der Waals surface area contributed by atoms with Crippen molar-refractivity contribution in [3.8, 4) is 0 Å². The van der Waals surface area contributed by atoms with Crippen LogP contribution in [0, 0.1) is 0 Å². The van der Waals surface area contributed by atoms with Gasteiger partial charge in [0.25, 0.3) is 0 Å². The van der Waals surface area contributed by atoms with Gasteiger partial charge in [0, 0.05) is 6.42 Å². The van der Waals surface area contributed by atoms with Crippen LogP contribution in [0.4, 0.5) is 0 Å². The zero-order valence-corrected chi connectivity index (χ0v) is 13.9. The van der Waals surface area contributed by atoms with Gasteiger partial charge in [-0.2, -0.15) is 0 Å². The van der Waals surface area contributed by atoms with Gasteiger partial charge in [0.1, 0.15) is 5.60 Å². The van der Waals surface area contributed by atoms with Crippen molar-refractivity contribution in [2.45, 2.75) is 18.9 Å². The Morgan fingerprint density at radius 3 is 2.04 bits per heavy atom. The van der Waals surface area contributed by atoms with E-state index in [-0.39, 0.29) is 0 Å².